The summed E-state index contributed by atoms with van der Waals surface area (Å²) in [5.41, 5.74) is 7.04. The summed E-state index contributed by atoms with van der Waals surface area (Å²) in [6.07, 6.45) is 0.763. The predicted molar refractivity (Wildman–Crippen MR) is 90.3 cm³/mol. The van der Waals surface area contributed by atoms with Crippen molar-refractivity contribution in [2.24, 2.45) is 5.41 Å². The Hall–Kier alpha value is -1.07. The Morgan fingerprint density at radius 1 is 1.20 bits per heavy atom. The zero-order valence-corrected chi connectivity index (χ0v) is 14.1. The van der Waals surface area contributed by atoms with Gasteiger partial charge in [0.1, 0.15) is 0 Å². The van der Waals surface area contributed by atoms with E-state index >= 15 is 0 Å². The van der Waals surface area contributed by atoms with Crippen molar-refractivity contribution < 1.29 is 4.79 Å². The Morgan fingerprint density at radius 3 is 2.45 bits per heavy atom. The summed E-state index contributed by atoms with van der Waals surface area (Å²) >= 11 is 7.04. The number of benzene rings is 2. The molecule has 0 radical (unpaired) electrons. The third-order valence-corrected chi connectivity index (χ3v) is 6.27. The first-order chi connectivity index (χ1) is 9.35. The number of anilines is 2. The highest BCUT2D eigenvalue weighted by molar-refractivity contribution is 9.25. The van der Waals surface area contributed by atoms with E-state index in [0.717, 1.165) is 22.9 Å². The van der Waals surface area contributed by atoms with Crippen LogP contribution in [0.4, 0.5) is 11.4 Å². The van der Waals surface area contributed by atoms with E-state index in [1.807, 2.05) is 43.3 Å². The molecular weight excluding hydrogens is 384 g/mol. The maximum Gasteiger partial charge on any atom is 0.232 e. The van der Waals surface area contributed by atoms with Crippen LogP contribution in [0.25, 0.3) is 10.8 Å². The molecule has 0 aliphatic heterocycles. The second-order valence-electron chi connectivity index (χ2n) is 5.42. The minimum Gasteiger partial charge on any atom is -0.398 e. The molecule has 3 rings (SSSR count). The number of nitrogen functional groups attached to an aromatic ring is 1. The first kappa shape index (κ1) is 13.9. The van der Waals surface area contributed by atoms with Crippen molar-refractivity contribution in [3.8, 4) is 0 Å². The molecule has 1 amide bonds. The van der Waals surface area contributed by atoms with Gasteiger partial charge in [0.15, 0.2) is 0 Å². The molecule has 3 N–H and O–H groups in total. The van der Waals surface area contributed by atoms with E-state index in [2.05, 4.69) is 37.2 Å². The highest BCUT2D eigenvalue weighted by Crippen LogP contribution is 2.66. The van der Waals surface area contributed by atoms with Gasteiger partial charge >= 0.3 is 0 Å². The molecule has 3 nitrogen and oxygen atoms in total. The lowest BCUT2D eigenvalue weighted by molar-refractivity contribution is -0.120. The van der Waals surface area contributed by atoms with Crippen LogP contribution < -0.4 is 11.1 Å². The quantitative estimate of drug-likeness (QED) is 0.587. The van der Waals surface area contributed by atoms with Crippen LogP contribution in [0.5, 0.6) is 0 Å². The normalized spacial score (nSPS) is 23.6. The van der Waals surface area contributed by atoms with E-state index < -0.39 is 5.41 Å². The molecule has 2 aromatic rings. The van der Waals surface area contributed by atoms with Crippen LogP contribution in [-0.2, 0) is 4.79 Å². The average molecular weight is 398 g/mol. The molecule has 5 heteroatoms. The smallest absolute Gasteiger partial charge is 0.232 e. The minimum atomic E-state index is -0.435. The molecule has 20 heavy (non-hydrogen) atoms. The number of nitrogens with two attached hydrogens (primary N) is 1. The lowest BCUT2D eigenvalue weighted by atomic mass is 10.1. The third-order valence-electron chi connectivity index (χ3n) is 3.96. The number of alkyl halides is 2. The summed E-state index contributed by atoms with van der Waals surface area (Å²) in [6.45, 7) is 1.94. The van der Waals surface area contributed by atoms with Crippen molar-refractivity contribution in [3.63, 3.8) is 0 Å². The zero-order chi connectivity index (χ0) is 14.5. The van der Waals surface area contributed by atoms with Crippen molar-refractivity contribution >= 4 is 59.9 Å². The Bertz CT molecular complexity index is 714. The number of rotatable bonds is 2. The number of hydrogen-bond acceptors (Lipinski definition) is 2. The third kappa shape index (κ3) is 2.04. The molecule has 1 saturated carbocycles. The molecule has 1 atom stereocenters. The van der Waals surface area contributed by atoms with Crippen LogP contribution in [0.15, 0.2) is 36.4 Å². The van der Waals surface area contributed by atoms with Gasteiger partial charge in [-0.05, 0) is 25.5 Å². The number of fused-ring (bicyclic) bond motifs is 1. The number of nitrogens with one attached hydrogen (secondary N) is 1. The lowest BCUT2D eigenvalue weighted by Gasteiger charge is -2.15. The summed E-state index contributed by atoms with van der Waals surface area (Å²) in [7, 11) is 0. The van der Waals surface area contributed by atoms with Gasteiger partial charge in [-0.25, -0.2) is 0 Å². The van der Waals surface area contributed by atoms with Crippen LogP contribution in [-0.4, -0.2) is 9.14 Å². The first-order valence-electron chi connectivity index (χ1n) is 6.32. The van der Waals surface area contributed by atoms with E-state index in [-0.39, 0.29) is 9.14 Å². The number of amides is 1. The van der Waals surface area contributed by atoms with Gasteiger partial charge in [0, 0.05) is 22.1 Å². The highest BCUT2D eigenvalue weighted by atomic mass is 79.9. The summed E-state index contributed by atoms with van der Waals surface area (Å²) in [4.78, 5) is 12.4. The molecule has 1 unspecified atom stereocenters. The summed E-state index contributed by atoms with van der Waals surface area (Å²) in [5.74, 6) is 0.00109. The molecule has 1 aliphatic carbocycles. The van der Waals surface area contributed by atoms with Gasteiger partial charge in [0.2, 0.25) is 5.91 Å². The Morgan fingerprint density at radius 2 is 1.80 bits per heavy atom. The standard InChI is InChI=1S/C15H14Br2N2O/c1-14(8-15(14,16)17)13(20)19-12-7-3-4-9-10(12)5-2-6-11(9)18/h2-7H,8,18H2,1H3,(H,19,20). The maximum atomic E-state index is 12.4. The summed E-state index contributed by atoms with van der Waals surface area (Å²) < 4.78 is -0.291. The molecule has 0 spiro atoms. The molecular formula is C15H14Br2N2O. The maximum absolute atomic E-state index is 12.4. The van der Waals surface area contributed by atoms with E-state index in [9.17, 15) is 4.79 Å². The largest absolute Gasteiger partial charge is 0.398 e. The minimum absolute atomic E-state index is 0.00109. The fourth-order valence-corrected chi connectivity index (χ4v) is 3.83. The summed E-state index contributed by atoms with van der Waals surface area (Å²) in [5, 5.41) is 4.93. The highest BCUT2D eigenvalue weighted by Gasteiger charge is 2.66. The number of hydrogen-bond donors (Lipinski definition) is 2. The Labute approximate surface area is 134 Å². The second-order valence-corrected chi connectivity index (χ2v) is 9.19. The van der Waals surface area contributed by atoms with Gasteiger partial charge in [-0.15, -0.1) is 0 Å². The molecule has 2 aromatic carbocycles. The van der Waals surface area contributed by atoms with Crippen LogP contribution in [0.3, 0.4) is 0 Å². The Kier molecular flexibility index (Phi) is 3.10. The van der Waals surface area contributed by atoms with Crippen molar-refractivity contribution in [1.82, 2.24) is 0 Å². The number of halogens is 2. The van der Waals surface area contributed by atoms with Crippen molar-refractivity contribution in [2.75, 3.05) is 11.1 Å². The first-order valence-corrected chi connectivity index (χ1v) is 7.90. The monoisotopic (exact) mass is 396 g/mol. The fourth-order valence-electron chi connectivity index (χ4n) is 2.35. The molecule has 0 aromatic heterocycles. The molecule has 104 valence electrons. The van der Waals surface area contributed by atoms with Gasteiger partial charge in [0.25, 0.3) is 0 Å². The predicted octanol–water partition coefficient (Wildman–Crippen LogP) is 4.26. The van der Waals surface area contributed by atoms with Gasteiger partial charge in [-0.3, -0.25) is 4.79 Å². The van der Waals surface area contributed by atoms with Crippen LogP contribution in [0.1, 0.15) is 13.3 Å². The van der Waals surface area contributed by atoms with E-state index in [1.54, 1.807) is 0 Å². The lowest BCUT2D eigenvalue weighted by Crippen LogP contribution is -2.25. The fraction of sp³-hybridized carbons (Fsp3) is 0.267. The zero-order valence-electron chi connectivity index (χ0n) is 10.9. The topological polar surface area (TPSA) is 55.1 Å². The molecule has 1 aliphatic rings. The van der Waals surface area contributed by atoms with E-state index in [0.29, 0.717) is 5.69 Å². The van der Waals surface area contributed by atoms with Gasteiger partial charge in [-0.2, -0.15) is 0 Å². The van der Waals surface area contributed by atoms with E-state index in [4.69, 9.17) is 5.73 Å². The number of carbonyl (C=O) groups excluding carboxylic acids is 1. The van der Waals surface area contributed by atoms with Gasteiger partial charge in [0.05, 0.1) is 8.65 Å². The van der Waals surface area contributed by atoms with Crippen molar-refractivity contribution in [3.05, 3.63) is 36.4 Å². The second kappa shape index (κ2) is 4.46. The average Bonchev–Trinajstić information content (AvgIpc) is 2.91. The van der Waals surface area contributed by atoms with E-state index in [1.165, 1.54) is 0 Å². The molecule has 1 fully saturated rings. The SMILES string of the molecule is CC1(C(=O)Nc2cccc3c(N)cccc23)CC1(Br)Br. The van der Waals surface area contributed by atoms with Crippen LogP contribution >= 0.6 is 31.9 Å². The van der Waals surface area contributed by atoms with Crippen LogP contribution in [0, 0.1) is 5.41 Å². The number of carbonyl (C=O) groups is 1. The van der Waals surface area contributed by atoms with Gasteiger partial charge in [-0.1, -0.05) is 56.1 Å². The molecule has 0 heterocycles. The summed E-state index contributed by atoms with van der Waals surface area (Å²) in [6, 6.07) is 11.5. The van der Waals surface area contributed by atoms with Crippen molar-refractivity contribution in [2.45, 2.75) is 16.6 Å². The molecule has 0 saturated heterocycles. The Balaban J connectivity index is 1.97. The van der Waals surface area contributed by atoms with Crippen molar-refractivity contribution in [1.29, 1.82) is 0 Å². The van der Waals surface area contributed by atoms with Gasteiger partial charge < -0.3 is 11.1 Å². The van der Waals surface area contributed by atoms with Crippen LogP contribution in [0.2, 0.25) is 0 Å². The molecule has 0 bridgehead atoms.